The van der Waals surface area contributed by atoms with Crippen LogP contribution in [0.5, 0.6) is 0 Å². The lowest BCUT2D eigenvalue weighted by Gasteiger charge is -2.40. The predicted molar refractivity (Wildman–Crippen MR) is 63.7 cm³/mol. The summed E-state index contributed by atoms with van der Waals surface area (Å²) >= 11 is 0. The monoisotopic (exact) mass is 212 g/mol. The first-order chi connectivity index (χ1) is 6.77. The number of hydrogen-bond donors (Lipinski definition) is 0. The van der Waals surface area contributed by atoms with E-state index in [1.54, 1.807) is 0 Å². The van der Waals surface area contributed by atoms with Crippen LogP contribution in [0.25, 0.3) is 0 Å². The van der Waals surface area contributed by atoms with Crippen molar-refractivity contribution in [2.45, 2.75) is 59.5 Å². The molecule has 0 radical (unpaired) electrons. The molecule has 0 aliphatic heterocycles. The fourth-order valence-corrected chi connectivity index (χ4v) is 1.35. The fourth-order valence-electron chi connectivity index (χ4n) is 1.35. The Kier molecular flexibility index (Phi) is 5.06. The van der Waals surface area contributed by atoms with Crippen LogP contribution in [0.2, 0.25) is 0 Å². The number of rotatable bonds is 6. The van der Waals surface area contributed by atoms with E-state index in [-0.39, 0.29) is 11.4 Å². The van der Waals surface area contributed by atoms with Gasteiger partial charge in [0.15, 0.2) is 0 Å². The highest BCUT2D eigenvalue weighted by Gasteiger charge is 2.39. The van der Waals surface area contributed by atoms with Gasteiger partial charge in [0.2, 0.25) is 0 Å². The van der Waals surface area contributed by atoms with Crippen LogP contribution < -0.4 is 0 Å². The maximum absolute atomic E-state index is 11.2. The molecule has 0 saturated carbocycles. The van der Waals surface area contributed by atoms with Crippen LogP contribution in [0.3, 0.4) is 0 Å². The number of esters is 1. The van der Waals surface area contributed by atoms with E-state index in [2.05, 4.69) is 27.4 Å². The van der Waals surface area contributed by atoms with Gasteiger partial charge in [-0.3, -0.25) is 0 Å². The summed E-state index contributed by atoms with van der Waals surface area (Å²) in [5.41, 5.74) is -0.463. The minimum atomic E-state index is -0.451. The standard InChI is InChI=1S/C13H24O2/c1-7-9-10-12(3,4)13(5,6)15-11(14)8-2/h8H,2,7,9-10H2,1,3-6H3. The van der Waals surface area contributed by atoms with Crippen molar-refractivity contribution in [1.82, 2.24) is 0 Å². The Hall–Kier alpha value is -0.790. The van der Waals surface area contributed by atoms with Crippen molar-refractivity contribution < 1.29 is 9.53 Å². The Morgan fingerprint density at radius 3 is 2.27 bits per heavy atom. The van der Waals surface area contributed by atoms with Crippen LogP contribution >= 0.6 is 0 Å². The molecule has 0 saturated heterocycles. The fraction of sp³-hybridized carbons (Fsp3) is 0.769. The third-order valence-corrected chi connectivity index (χ3v) is 3.31. The molecule has 0 spiro atoms. The summed E-state index contributed by atoms with van der Waals surface area (Å²) in [5, 5.41) is 0. The van der Waals surface area contributed by atoms with Crippen molar-refractivity contribution >= 4 is 5.97 Å². The highest BCUT2D eigenvalue weighted by molar-refractivity contribution is 5.81. The van der Waals surface area contributed by atoms with E-state index in [9.17, 15) is 4.79 Å². The number of carbonyl (C=O) groups is 1. The van der Waals surface area contributed by atoms with Crippen LogP contribution in [0.1, 0.15) is 53.9 Å². The lowest BCUT2D eigenvalue weighted by atomic mass is 9.73. The number of ether oxygens (including phenoxy) is 1. The minimum absolute atomic E-state index is 0.0122. The zero-order valence-corrected chi connectivity index (χ0v) is 10.7. The summed E-state index contributed by atoms with van der Waals surface area (Å²) in [5.74, 6) is -0.343. The molecule has 0 aromatic rings. The lowest BCUT2D eigenvalue weighted by molar-refractivity contribution is -0.162. The summed E-state index contributed by atoms with van der Waals surface area (Å²) in [6, 6.07) is 0. The van der Waals surface area contributed by atoms with Gasteiger partial charge < -0.3 is 4.74 Å². The number of unbranched alkanes of at least 4 members (excludes halogenated alkanes) is 1. The topological polar surface area (TPSA) is 26.3 Å². The molecular formula is C13H24O2. The number of hydrogen-bond acceptors (Lipinski definition) is 2. The van der Waals surface area contributed by atoms with Gasteiger partial charge >= 0.3 is 5.97 Å². The lowest BCUT2D eigenvalue weighted by Crippen LogP contribution is -2.43. The Morgan fingerprint density at radius 2 is 1.87 bits per heavy atom. The molecule has 0 aromatic heterocycles. The summed E-state index contributed by atoms with van der Waals surface area (Å²) < 4.78 is 5.39. The molecule has 0 rings (SSSR count). The third-order valence-electron chi connectivity index (χ3n) is 3.31. The average molecular weight is 212 g/mol. The van der Waals surface area contributed by atoms with E-state index in [4.69, 9.17) is 4.74 Å². The van der Waals surface area contributed by atoms with Gasteiger partial charge in [-0.2, -0.15) is 0 Å². The van der Waals surface area contributed by atoms with Gasteiger partial charge in [0.05, 0.1) is 0 Å². The average Bonchev–Trinajstić information content (AvgIpc) is 2.13. The van der Waals surface area contributed by atoms with Crippen molar-refractivity contribution in [3.05, 3.63) is 12.7 Å². The van der Waals surface area contributed by atoms with E-state index < -0.39 is 5.60 Å². The Bertz CT molecular complexity index is 227. The smallest absolute Gasteiger partial charge is 0.330 e. The molecule has 0 heterocycles. The maximum Gasteiger partial charge on any atom is 0.330 e. The van der Waals surface area contributed by atoms with E-state index in [1.807, 2.05) is 13.8 Å². The molecule has 0 amide bonds. The second-order valence-electron chi connectivity index (χ2n) is 5.12. The Morgan fingerprint density at radius 1 is 1.33 bits per heavy atom. The molecule has 0 aliphatic rings. The second-order valence-corrected chi connectivity index (χ2v) is 5.12. The van der Waals surface area contributed by atoms with E-state index in [0.717, 1.165) is 19.3 Å². The van der Waals surface area contributed by atoms with Gasteiger partial charge in [0.25, 0.3) is 0 Å². The first-order valence-corrected chi connectivity index (χ1v) is 5.62. The van der Waals surface area contributed by atoms with E-state index in [1.165, 1.54) is 6.08 Å². The van der Waals surface area contributed by atoms with Crippen LogP contribution in [0, 0.1) is 5.41 Å². The van der Waals surface area contributed by atoms with Gasteiger partial charge in [-0.1, -0.05) is 40.2 Å². The van der Waals surface area contributed by atoms with Gasteiger partial charge in [-0.25, -0.2) is 4.79 Å². The summed E-state index contributed by atoms with van der Waals surface area (Å²) in [4.78, 5) is 11.2. The molecule has 0 atom stereocenters. The van der Waals surface area contributed by atoms with Crippen LogP contribution in [0.15, 0.2) is 12.7 Å². The summed E-state index contributed by atoms with van der Waals surface area (Å²) in [6.45, 7) is 13.8. The summed E-state index contributed by atoms with van der Waals surface area (Å²) in [7, 11) is 0. The molecule has 0 N–H and O–H groups in total. The van der Waals surface area contributed by atoms with Crippen LogP contribution in [-0.4, -0.2) is 11.6 Å². The highest BCUT2D eigenvalue weighted by Crippen LogP contribution is 2.38. The zero-order chi connectivity index (χ0) is 12.1. The van der Waals surface area contributed by atoms with Crippen LogP contribution in [-0.2, 0) is 9.53 Å². The third kappa shape index (κ3) is 4.06. The molecule has 2 heteroatoms. The van der Waals surface area contributed by atoms with E-state index in [0.29, 0.717) is 0 Å². The highest BCUT2D eigenvalue weighted by atomic mass is 16.6. The van der Waals surface area contributed by atoms with E-state index >= 15 is 0 Å². The molecule has 0 fully saturated rings. The molecule has 0 bridgehead atoms. The first-order valence-electron chi connectivity index (χ1n) is 5.62. The summed E-state index contributed by atoms with van der Waals surface area (Å²) in [6.07, 6.45) is 4.59. The van der Waals surface area contributed by atoms with Crippen LogP contribution in [0.4, 0.5) is 0 Å². The van der Waals surface area contributed by atoms with Gasteiger partial charge in [0.1, 0.15) is 5.60 Å². The zero-order valence-electron chi connectivity index (χ0n) is 10.7. The first kappa shape index (κ1) is 14.2. The van der Waals surface area contributed by atoms with Gasteiger partial charge in [0, 0.05) is 11.5 Å². The van der Waals surface area contributed by atoms with Crippen molar-refractivity contribution in [1.29, 1.82) is 0 Å². The second kappa shape index (κ2) is 5.34. The quantitative estimate of drug-likeness (QED) is 0.495. The normalized spacial score (nSPS) is 12.3. The SMILES string of the molecule is C=CC(=O)OC(C)(C)C(C)(C)CCCC. The molecule has 0 unspecified atom stereocenters. The predicted octanol–water partition coefficient (Wildman–Crippen LogP) is 3.71. The molecule has 0 aromatic carbocycles. The Balaban J connectivity index is 4.52. The molecule has 2 nitrogen and oxygen atoms in total. The van der Waals surface area contributed by atoms with Crippen molar-refractivity contribution in [2.75, 3.05) is 0 Å². The maximum atomic E-state index is 11.2. The minimum Gasteiger partial charge on any atom is -0.456 e. The largest absolute Gasteiger partial charge is 0.456 e. The van der Waals surface area contributed by atoms with Gasteiger partial charge in [-0.15, -0.1) is 0 Å². The molecule has 88 valence electrons. The van der Waals surface area contributed by atoms with Crippen molar-refractivity contribution in [3.63, 3.8) is 0 Å². The molecule has 0 aliphatic carbocycles. The Labute approximate surface area is 93.7 Å². The molecule has 15 heavy (non-hydrogen) atoms. The van der Waals surface area contributed by atoms with Crippen molar-refractivity contribution in [3.8, 4) is 0 Å². The van der Waals surface area contributed by atoms with Gasteiger partial charge in [-0.05, 0) is 20.3 Å². The number of carbonyl (C=O) groups excluding carboxylic acids is 1. The van der Waals surface area contributed by atoms with Crippen molar-refractivity contribution in [2.24, 2.45) is 5.41 Å². The molecular weight excluding hydrogens is 188 g/mol.